The molecule has 10 N–H and O–H groups in total. The summed E-state index contributed by atoms with van der Waals surface area (Å²) in [6.07, 6.45) is -0.117. The van der Waals surface area contributed by atoms with E-state index >= 15 is 0 Å². The zero-order valence-corrected chi connectivity index (χ0v) is 54.1. The summed E-state index contributed by atoms with van der Waals surface area (Å²) in [5, 5.41) is 21.1. The van der Waals surface area contributed by atoms with Crippen molar-refractivity contribution in [2.24, 2.45) is 9.98 Å². The van der Waals surface area contributed by atoms with Crippen molar-refractivity contribution < 1.29 is 66.8 Å². The molecule has 484 valence electrons. The van der Waals surface area contributed by atoms with Crippen LogP contribution in [0.2, 0.25) is 0 Å². The number of carbonyl (C=O) groups is 8. The van der Waals surface area contributed by atoms with E-state index in [0.29, 0.717) is 63.8 Å². The number of nitrogens with zero attached hydrogens (tertiary/aromatic N) is 3. The van der Waals surface area contributed by atoms with Crippen molar-refractivity contribution in [2.75, 3.05) is 51.5 Å². The van der Waals surface area contributed by atoms with Crippen LogP contribution in [-0.2, 0) is 44.4 Å². The van der Waals surface area contributed by atoms with Crippen molar-refractivity contribution in [3.05, 3.63) is 29.8 Å². The molecule has 1 aromatic rings. The first kappa shape index (κ1) is 75.9. The molecule has 1 rings (SSSR count). The summed E-state index contributed by atoms with van der Waals surface area (Å²) in [5.74, 6) is -1.18. The largest absolute Gasteiger partial charge is 0.444 e. The number of benzene rings is 1. The number of rotatable bonds is 26. The molecule has 2 atom stereocenters. The molecule has 0 fully saturated rings. The number of aryl methyl sites for hydroxylation is 1. The number of nitrogens with one attached hydrogen (secondary N) is 8. The number of hydrogen-bond acceptors (Lipinski definition) is 18. The number of ether oxygens (including phenoxy) is 6. The molecule has 1 aromatic carbocycles. The summed E-state index contributed by atoms with van der Waals surface area (Å²) in [6.45, 7) is 33.3. The van der Waals surface area contributed by atoms with Crippen LogP contribution in [0, 0.1) is 0 Å². The molecule has 0 unspecified atom stereocenters. The van der Waals surface area contributed by atoms with E-state index in [1.54, 1.807) is 125 Å². The molecule has 0 saturated carbocycles. The number of hydrogen-bond donors (Lipinski definition) is 9. The van der Waals surface area contributed by atoms with Gasteiger partial charge >= 0.3 is 36.6 Å². The molecule has 0 bridgehead atoms. The van der Waals surface area contributed by atoms with Gasteiger partial charge < -0.3 is 60.3 Å². The Kier molecular flexibility index (Phi) is 32.1. The standard InChI is InChI=1S/C59H104N12O14/c1-54(2,3)80-48(74)65-42(27-19-21-33-63-46(67-50(76)82-56(7,8)9)68-51(77)83-57(10,11)12)44(72)61-35-24-38-71(37-23-26-40-29-31-41(60)32-30-40)39-25-36-62-45(73)43(66-49(75)81-55(4,5)6)28-20-22-34-64-47(69-52(78)84-58(13,14)15)70-53(79)85-59(16,17)18/h29-32,42-43H,19-28,33-39,60H2,1-18H3,(H,61,72)(H,62,73)(H,65,74)(H,66,75)(H2,63,67,68,76,77)(H2,64,69,70,78,79)/t42-,43-/m0/s1. The molecular formula is C59H104N12O14. The lowest BCUT2D eigenvalue weighted by Gasteiger charge is -2.25. The van der Waals surface area contributed by atoms with Gasteiger partial charge in [0.05, 0.1) is 0 Å². The predicted octanol–water partition coefficient (Wildman–Crippen LogP) is 8.45. The average Bonchev–Trinajstić information content (AvgIpc) is 3.29. The van der Waals surface area contributed by atoms with E-state index in [0.717, 1.165) is 18.4 Å². The number of nitrogens with two attached hydrogens (primary N) is 1. The lowest BCUT2D eigenvalue weighted by Crippen LogP contribution is -2.48. The number of nitrogen functional groups attached to an aromatic ring is 1. The Morgan fingerprint density at radius 3 is 1.02 bits per heavy atom. The van der Waals surface area contributed by atoms with Gasteiger partial charge in [0.2, 0.25) is 23.7 Å². The minimum Gasteiger partial charge on any atom is -0.444 e. The van der Waals surface area contributed by atoms with Crippen LogP contribution >= 0.6 is 0 Å². The topological polar surface area (TPSA) is 342 Å². The van der Waals surface area contributed by atoms with Crippen LogP contribution < -0.4 is 48.3 Å². The van der Waals surface area contributed by atoms with Gasteiger partial charge in [0, 0.05) is 31.9 Å². The summed E-state index contributed by atoms with van der Waals surface area (Å²) >= 11 is 0. The van der Waals surface area contributed by atoms with Crippen molar-refractivity contribution in [1.82, 2.24) is 47.4 Å². The lowest BCUT2D eigenvalue weighted by atomic mass is 10.1. The van der Waals surface area contributed by atoms with Gasteiger partial charge in [0.1, 0.15) is 45.7 Å². The number of aliphatic imine (C=N–C) groups is 2. The zero-order valence-electron chi connectivity index (χ0n) is 54.1. The van der Waals surface area contributed by atoms with Gasteiger partial charge in [0.25, 0.3) is 0 Å². The van der Waals surface area contributed by atoms with Gasteiger partial charge in [-0.25, -0.2) is 28.8 Å². The molecule has 0 radical (unpaired) electrons. The number of unbranched alkanes of at least 4 members (excludes halogenated alkanes) is 2. The van der Waals surface area contributed by atoms with Crippen LogP contribution in [0.5, 0.6) is 0 Å². The molecule has 0 aromatic heterocycles. The fourth-order valence-corrected chi connectivity index (χ4v) is 7.36. The Labute approximate surface area is 504 Å². The SMILES string of the molecule is CC(C)(C)OC(=O)NC(=NCCCC[C@H](NC(=O)OC(C)(C)C)C(=O)NCCCN(CCCNC(=O)[C@H](CCCCN=C(NC(=O)OC(C)(C)C)NC(=O)OC(C)(C)C)NC(=O)OC(C)(C)C)CCCc1ccc(N)cc1)NC(=O)OC(C)(C)C. The first-order valence-corrected chi connectivity index (χ1v) is 29.3. The highest BCUT2D eigenvalue weighted by Crippen LogP contribution is 2.14. The summed E-state index contributed by atoms with van der Waals surface area (Å²) in [4.78, 5) is 115. The van der Waals surface area contributed by atoms with Gasteiger partial charge in [-0.05, 0) is 226 Å². The second-order valence-electron chi connectivity index (χ2n) is 26.3. The van der Waals surface area contributed by atoms with E-state index in [1.807, 2.05) is 24.3 Å². The molecule has 26 heteroatoms. The maximum atomic E-state index is 13.8. The highest BCUT2D eigenvalue weighted by atomic mass is 16.6. The van der Waals surface area contributed by atoms with E-state index in [1.165, 1.54) is 0 Å². The minimum atomic E-state index is -0.964. The Hall–Kier alpha value is -7.12. The highest BCUT2D eigenvalue weighted by molar-refractivity contribution is 6.02. The fraction of sp³-hybridized carbons (Fsp3) is 0.729. The zero-order chi connectivity index (χ0) is 64.8. The minimum absolute atomic E-state index is 0.123. The second-order valence-corrected chi connectivity index (χ2v) is 26.3. The maximum Gasteiger partial charge on any atom is 0.414 e. The molecule has 85 heavy (non-hydrogen) atoms. The van der Waals surface area contributed by atoms with E-state index in [9.17, 15) is 38.4 Å². The number of alkyl carbamates (subject to hydrolysis) is 6. The normalized spacial score (nSPS) is 12.6. The lowest BCUT2D eigenvalue weighted by molar-refractivity contribution is -0.124. The Morgan fingerprint density at radius 1 is 0.424 bits per heavy atom. The van der Waals surface area contributed by atoms with Gasteiger partial charge in [0.15, 0.2) is 0 Å². The van der Waals surface area contributed by atoms with Crippen LogP contribution in [0.1, 0.15) is 188 Å². The van der Waals surface area contributed by atoms with E-state index < -0.39 is 94.1 Å². The first-order chi connectivity index (χ1) is 39.0. The van der Waals surface area contributed by atoms with Crippen molar-refractivity contribution in [3.8, 4) is 0 Å². The molecule has 0 aliphatic carbocycles. The Morgan fingerprint density at radius 2 is 0.718 bits per heavy atom. The van der Waals surface area contributed by atoms with Crippen LogP contribution in [0.15, 0.2) is 34.3 Å². The van der Waals surface area contributed by atoms with Gasteiger partial charge in [-0.15, -0.1) is 0 Å². The van der Waals surface area contributed by atoms with E-state index in [-0.39, 0.29) is 50.9 Å². The van der Waals surface area contributed by atoms with Crippen LogP contribution in [-0.4, -0.2) is 157 Å². The quantitative estimate of drug-likeness (QED) is 0.0138. The highest BCUT2D eigenvalue weighted by Gasteiger charge is 2.28. The summed E-state index contributed by atoms with van der Waals surface area (Å²) in [6, 6.07) is 5.78. The van der Waals surface area contributed by atoms with E-state index in [4.69, 9.17) is 34.2 Å². The van der Waals surface area contributed by atoms with Crippen molar-refractivity contribution >= 4 is 66.0 Å². The average molecular weight is 1210 g/mol. The van der Waals surface area contributed by atoms with Crippen molar-refractivity contribution in [2.45, 2.75) is 235 Å². The van der Waals surface area contributed by atoms with Crippen LogP contribution in [0.25, 0.3) is 0 Å². The summed E-state index contributed by atoms with van der Waals surface area (Å²) < 4.78 is 32.3. The molecule has 0 saturated heterocycles. The number of amides is 8. The van der Waals surface area contributed by atoms with Crippen LogP contribution in [0.3, 0.4) is 0 Å². The molecular weight excluding hydrogens is 1100 g/mol. The summed E-state index contributed by atoms with van der Waals surface area (Å²) in [7, 11) is 0. The second kappa shape index (κ2) is 36.0. The molecule has 0 heterocycles. The Bertz CT molecular complexity index is 2140. The molecule has 0 spiro atoms. The van der Waals surface area contributed by atoms with Gasteiger partial charge in [-0.1, -0.05) is 12.1 Å². The monoisotopic (exact) mass is 1200 g/mol. The first-order valence-electron chi connectivity index (χ1n) is 29.3. The smallest absolute Gasteiger partial charge is 0.414 e. The molecule has 0 aliphatic rings. The number of anilines is 1. The fourth-order valence-electron chi connectivity index (χ4n) is 7.36. The third kappa shape index (κ3) is 42.4. The number of guanidine groups is 2. The maximum absolute atomic E-state index is 13.8. The van der Waals surface area contributed by atoms with Crippen molar-refractivity contribution in [3.63, 3.8) is 0 Å². The number of carbonyl (C=O) groups excluding carboxylic acids is 8. The predicted molar refractivity (Wildman–Crippen MR) is 327 cm³/mol. The van der Waals surface area contributed by atoms with Gasteiger partial charge in [-0.2, -0.15) is 0 Å². The third-order valence-corrected chi connectivity index (χ3v) is 10.7. The molecule has 0 aliphatic heterocycles. The van der Waals surface area contributed by atoms with E-state index in [2.05, 4.69) is 57.4 Å². The summed E-state index contributed by atoms with van der Waals surface area (Å²) in [5.41, 5.74) is 2.81. The Balaban J connectivity index is 3.15. The van der Waals surface area contributed by atoms with Gasteiger partial charge in [-0.3, -0.25) is 40.8 Å². The van der Waals surface area contributed by atoms with Crippen molar-refractivity contribution in [1.29, 1.82) is 0 Å². The molecule has 26 nitrogen and oxygen atoms in total. The van der Waals surface area contributed by atoms with Crippen LogP contribution in [0.4, 0.5) is 34.5 Å². The third-order valence-electron chi connectivity index (χ3n) is 10.7. The molecule has 8 amide bonds.